The molecule has 3 aromatic rings. The van der Waals surface area contributed by atoms with E-state index in [2.05, 4.69) is 49.9 Å². The van der Waals surface area contributed by atoms with Gasteiger partial charge in [0.2, 0.25) is 18.2 Å². The molecule has 1 atom stereocenters. The first kappa shape index (κ1) is 31.2. The van der Waals surface area contributed by atoms with Crippen molar-refractivity contribution in [2.75, 3.05) is 19.0 Å². The molecular weight excluding hydrogens is 573 g/mol. The van der Waals surface area contributed by atoms with Crippen molar-refractivity contribution in [1.82, 2.24) is 10.3 Å². The van der Waals surface area contributed by atoms with E-state index in [4.69, 9.17) is 9.47 Å². The summed E-state index contributed by atoms with van der Waals surface area (Å²) in [7, 11) is 1.40. The number of thiophene rings is 1. The van der Waals surface area contributed by atoms with Crippen LogP contribution in [0.5, 0.6) is 5.88 Å². The van der Waals surface area contributed by atoms with Crippen LogP contribution in [-0.4, -0.2) is 36.7 Å². The number of anilines is 1. The fourth-order valence-corrected chi connectivity index (χ4v) is 5.05. The van der Waals surface area contributed by atoms with Gasteiger partial charge >= 0.3 is 6.09 Å². The van der Waals surface area contributed by atoms with E-state index in [0.717, 1.165) is 11.1 Å². The van der Waals surface area contributed by atoms with Gasteiger partial charge in [-0.05, 0) is 77.7 Å². The summed E-state index contributed by atoms with van der Waals surface area (Å²) < 4.78 is 25.6. The molecule has 7 nitrogen and oxygen atoms in total. The Hall–Kier alpha value is -2.98. The van der Waals surface area contributed by atoms with Crippen molar-refractivity contribution < 1.29 is 23.5 Å². The number of methoxy groups -OCH3 is 1. The molecule has 0 spiro atoms. The number of hydrogen-bond acceptors (Lipinski definition) is 6. The molecule has 1 unspecified atom stereocenters. The summed E-state index contributed by atoms with van der Waals surface area (Å²) in [5.41, 5.74) is 1.72. The number of aromatic nitrogens is 1. The van der Waals surface area contributed by atoms with Crippen molar-refractivity contribution >= 4 is 45.5 Å². The number of pyridine rings is 1. The third kappa shape index (κ3) is 9.72. The summed E-state index contributed by atoms with van der Waals surface area (Å²) in [4.78, 5) is 27.7. The molecule has 2 aromatic heterocycles. The second-order valence-electron chi connectivity index (χ2n) is 9.49. The molecule has 38 heavy (non-hydrogen) atoms. The quantitative estimate of drug-likeness (QED) is 0.193. The Morgan fingerprint density at radius 3 is 2.45 bits per heavy atom. The Morgan fingerprint density at radius 1 is 1.24 bits per heavy atom. The largest absolute Gasteiger partial charge is 0.480 e. The van der Waals surface area contributed by atoms with Gasteiger partial charge in [-0.15, -0.1) is 11.3 Å². The second kappa shape index (κ2) is 14.8. The molecule has 0 radical (unpaired) electrons. The van der Waals surface area contributed by atoms with Crippen molar-refractivity contribution in [3.05, 3.63) is 62.6 Å². The number of ether oxygens (including phenoxy) is 2. The van der Waals surface area contributed by atoms with Gasteiger partial charge in [-0.1, -0.05) is 44.5 Å². The lowest BCUT2D eigenvalue weighted by molar-refractivity contribution is -0.105. The number of carbonyl (C=O) groups is 2. The van der Waals surface area contributed by atoms with Crippen LogP contribution in [0.3, 0.4) is 0 Å². The molecule has 0 fully saturated rings. The number of amides is 2. The molecule has 2 heterocycles. The number of nitrogens with zero attached hydrogens (tertiary/aromatic N) is 1. The Morgan fingerprint density at radius 2 is 1.92 bits per heavy atom. The summed E-state index contributed by atoms with van der Waals surface area (Å²) in [5, 5.41) is 7.16. The first-order valence-corrected chi connectivity index (χ1v) is 13.9. The molecule has 2 amide bonds. The van der Waals surface area contributed by atoms with E-state index in [9.17, 15) is 14.0 Å². The average Bonchev–Trinajstić information content (AvgIpc) is 3.27. The normalized spacial score (nSPS) is 11.6. The van der Waals surface area contributed by atoms with Crippen LogP contribution in [0.4, 0.5) is 14.9 Å². The van der Waals surface area contributed by atoms with E-state index in [0.29, 0.717) is 18.5 Å². The average molecular weight is 609 g/mol. The summed E-state index contributed by atoms with van der Waals surface area (Å²) >= 11 is 5.30. The maximum Gasteiger partial charge on any atom is 0.407 e. The van der Waals surface area contributed by atoms with Gasteiger partial charge in [0.25, 0.3) is 0 Å². The van der Waals surface area contributed by atoms with Crippen LogP contribution in [0.15, 0.2) is 46.3 Å². The Labute approximate surface area is 236 Å². The topological polar surface area (TPSA) is 89.5 Å². The van der Waals surface area contributed by atoms with Crippen LogP contribution in [0.25, 0.3) is 11.1 Å². The number of halogens is 2. The summed E-state index contributed by atoms with van der Waals surface area (Å²) in [6.07, 6.45) is 2.37. The molecule has 0 aliphatic heterocycles. The maximum absolute atomic E-state index is 13.9. The van der Waals surface area contributed by atoms with Crippen molar-refractivity contribution in [2.45, 2.75) is 59.0 Å². The van der Waals surface area contributed by atoms with Crippen LogP contribution >= 0.6 is 27.3 Å². The second-order valence-corrected chi connectivity index (χ2v) is 11.3. The van der Waals surface area contributed by atoms with Crippen LogP contribution < -0.4 is 15.4 Å². The van der Waals surface area contributed by atoms with E-state index >= 15 is 0 Å². The highest BCUT2D eigenvalue weighted by atomic mass is 79.9. The number of carbonyl (C=O) groups excluding carboxylic acids is 2. The fraction of sp³-hybridized carbons (Fsp3) is 0.393. The van der Waals surface area contributed by atoms with Gasteiger partial charge in [-0.2, -0.15) is 9.37 Å². The minimum atomic E-state index is -0.823. The Bertz CT molecular complexity index is 1200. The van der Waals surface area contributed by atoms with Gasteiger partial charge in [0.1, 0.15) is 5.60 Å². The fourth-order valence-electron chi connectivity index (χ4n) is 3.39. The van der Waals surface area contributed by atoms with Crippen LogP contribution in [0.2, 0.25) is 0 Å². The highest BCUT2D eigenvalue weighted by Crippen LogP contribution is 2.32. The van der Waals surface area contributed by atoms with Crippen molar-refractivity contribution in [2.24, 2.45) is 0 Å². The van der Waals surface area contributed by atoms with Crippen molar-refractivity contribution in [3.63, 3.8) is 0 Å². The zero-order valence-corrected chi connectivity index (χ0v) is 25.0. The monoisotopic (exact) mass is 607 g/mol. The predicted molar refractivity (Wildman–Crippen MR) is 155 cm³/mol. The maximum atomic E-state index is 13.9. The number of aryl methyl sites for hydroxylation is 1. The van der Waals surface area contributed by atoms with Gasteiger partial charge in [0, 0.05) is 21.5 Å². The zero-order valence-electron chi connectivity index (χ0n) is 22.6. The minimum absolute atomic E-state index is 0.0326. The summed E-state index contributed by atoms with van der Waals surface area (Å²) in [6, 6.07) is 11.1. The molecule has 0 saturated heterocycles. The molecule has 0 bridgehead atoms. The number of benzene rings is 1. The third-order valence-electron chi connectivity index (χ3n) is 5.26. The molecule has 0 aliphatic rings. The van der Waals surface area contributed by atoms with Crippen LogP contribution in [0, 0.1) is 5.95 Å². The third-order valence-corrected chi connectivity index (χ3v) is 7.25. The lowest BCUT2D eigenvalue weighted by atomic mass is 9.97. The molecular formula is C28H35BrFN3O4S. The first-order valence-electron chi connectivity index (χ1n) is 12.2. The summed E-state index contributed by atoms with van der Waals surface area (Å²) in [5.74, 6) is -0.653. The van der Waals surface area contributed by atoms with Gasteiger partial charge in [0.05, 0.1) is 12.8 Å². The van der Waals surface area contributed by atoms with Crippen LogP contribution in [-0.2, 0) is 16.0 Å². The highest BCUT2D eigenvalue weighted by molar-refractivity contribution is 9.10. The molecule has 0 saturated carbocycles. The van der Waals surface area contributed by atoms with E-state index in [1.54, 1.807) is 0 Å². The van der Waals surface area contributed by atoms with Gasteiger partial charge in [0.15, 0.2) is 0 Å². The van der Waals surface area contributed by atoms with E-state index < -0.39 is 17.6 Å². The van der Waals surface area contributed by atoms with Gasteiger partial charge < -0.3 is 20.1 Å². The summed E-state index contributed by atoms with van der Waals surface area (Å²) in [6.45, 7) is 10.0. The zero-order chi connectivity index (χ0) is 28.3. The van der Waals surface area contributed by atoms with Gasteiger partial charge in [-0.3, -0.25) is 4.79 Å². The SMILES string of the molecule is CCCc1sccc1Br.COc1nc(F)c(NC=O)cc1-c1ccc(C(C)CNC(=O)OC(C)(C)C)cc1. The number of nitrogens with one attached hydrogen (secondary N) is 2. The number of hydrogen-bond donors (Lipinski definition) is 2. The molecule has 1 aromatic carbocycles. The molecule has 2 N–H and O–H groups in total. The van der Waals surface area contributed by atoms with E-state index in [1.807, 2.05) is 63.3 Å². The van der Waals surface area contributed by atoms with Crippen molar-refractivity contribution in [1.29, 1.82) is 0 Å². The van der Waals surface area contributed by atoms with Crippen LogP contribution in [0.1, 0.15) is 57.4 Å². The lowest BCUT2D eigenvalue weighted by Crippen LogP contribution is -2.34. The number of alkyl carbamates (subject to hydrolysis) is 1. The Kier molecular flexibility index (Phi) is 12.2. The molecule has 206 valence electrons. The lowest BCUT2D eigenvalue weighted by Gasteiger charge is -2.21. The predicted octanol–water partition coefficient (Wildman–Crippen LogP) is 7.56. The standard InChI is InChI=1S/C21H26FN3O4.C7H9BrS/c1-13(11-23-20(27)29-21(2,3)4)14-6-8-15(9-7-14)16-10-17(24-12-26)18(22)25-19(16)28-5;1-2-3-7-6(8)4-5-9-7/h6-10,12-13H,11H2,1-5H3,(H,23,27)(H,24,26);4-5H,2-3H2,1H3. The molecule has 0 aliphatic carbocycles. The van der Waals surface area contributed by atoms with Gasteiger partial charge in [-0.25, -0.2) is 4.79 Å². The van der Waals surface area contributed by atoms with Crippen molar-refractivity contribution in [3.8, 4) is 17.0 Å². The molecule has 10 heteroatoms. The first-order chi connectivity index (χ1) is 18.0. The highest BCUT2D eigenvalue weighted by Gasteiger charge is 2.18. The van der Waals surface area contributed by atoms with E-state index in [1.165, 1.54) is 35.4 Å². The molecule has 3 rings (SSSR count). The van der Waals surface area contributed by atoms with E-state index in [-0.39, 0.29) is 17.5 Å². The Balaban J connectivity index is 0.000000474. The smallest absolute Gasteiger partial charge is 0.407 e. The number of rotatable bonds is 9. The minimum Gasteiger partial charge on any atom is -0.480 e.